The lowest BCUT2D eigenvalue weighted by atomic mass is 10.1. The SMILES string of the molecule is Cc1ccc(NC2CCOC2C)cc1C. The molecule has 0 bridgehead atoms. The minimum atomic E-state index is 0.326. The van der Waals surface area contributed by atoms with E-state index < -0.39 is 0 Å². The van der Waals surface area contributed by atoms with Crippen LogP contribution in [0.1, 0.15) is 24.5 Å². The molecule has 2 unspecified atom stereocenters. The molecule has 1 aliphatic heterocycles. The van der Waals surface area contributed by atoms with Gasteiger partial charge in [0, 0.05) is 12.3 Å². The number of rotatable bonds is 2. The van der Waals surface area contributed by atoms with Crippen LogP contribution in [0.25, 0.3) is 0 Å². The summed E-state index contributed by atoms with van der Waals surface area (Å²) in [6.45, 7) is 7.30. The standard InChI is InChI=1S/C13H19NO/c1-9-4-5-12(8-10(9)2)14-13-6-7-15-11(13)3/h4-5,8,11,13-14H,6-7H2,1-3H3. The molecule has 2 nitrogen and oxygen atoms in total. The number of aryl methyl sites for hydroxylation is 2. The van der Waals surface area contributed by atoms with Crippen molar-refractivity contribution in [1.82, 2.24) is 0 Å². The zero-order valence-electron chi connectivity index (χ0n) is 9.71. The van der Waals surface area contributed by atoms with Crippen molar-refractivity contribution in [2.24, 2.45) is 0 Å². The van der Waals surface area contributed by atoms with Crippen LogP contribution in [-0.2, 0) is 4.74 Å². The molecule has 1 aliphatic rings. The Kier molecular flexibility index (Phi) is 2.96. The van der Waals surface area contributed by atoms with Gasteiger partial charge in [-0.05, 0) is 50.5 Å². The molecule has 82 valence electrons. The molecule has 1 N–H and O–H groups in total. The molecule has 1 saturated heterocycles. The van der Waals surface area contributed by atoms with Gasteiger partial charge in [0.25, 0.3) is 0 Å². The maximum absolute atomic E-state index is 5.53. The van der Waals surface area contributed by atoms with Crippen LogP contribution in [-0.4, -0.2) is 18.8 Å². The van der Waals surface area contributed by atoms with Crippen molar-refractivity contribution in [1.29, 1.82) is 0 Å². The predicted octanol–water partition coefficient (Wildman–Crippen LogP) is 2.89. The third-order valence-electron chi connectivity index (χ3n) is 3.24. The first-order valence-electron chi connectivity index (χ1n) is 5.62. The van der Waals surface area contributed by atoms with Gasteiger partial charge in [-0.15, -0.1) is 0 Å². The molecule has 0 amide bonds. The first-order chi connectivity index (χ1) is 7.16. The fourth-order valence-electron chi connectivity index (χ4n) is 1.97. The van der Waals surface area contributed by atoms with Gasteiger partial charge in [-0.2, -0.15) is 0 Å². The van der Waals surface area contributed by atoms with Crippen LogP contribution in [0.2, 0.25) is 0 Å². The van der Waals surface area contributed by atoms with Crippen molar-refractivity contribution >= 4 is 5.69 Å². The number of nitrogens with one attached hydrogen (secondary N) is 1. The van der Waals surface area contributed by atoms with Crippen molar-refractivity contribution in [2.75, 3.05) is 11.9 Å². The third kappa shape index (κ3) is 2.32. The molecular formula is C13H19NO. The van der Waals surface area contributed by atoms with Crippen molar-refractivity contribution in [2.45, 2.75) is 39.3 Å². The van der Waals surface area contributed by atoms with Crippen LogP contribution < -0.4 is 5.32 Å². The van der Waals surface area contributed by atoms with Crippen molar-refractivity contribution in [3.63, 3.8) is 0 Å². The molecular weight excluding hydrogens is 186 g/mol. The molecule has 0 radical (unpaired) electrons. The van der Waals surface area contributed by atoms with Crippen molar-refractivity contribution in [3.8, 4) is 0 Å². The summed E-state index contributed by atoms with van der Waals surface area (Å²) in [4.78, 5) is 0. The van der Waals surface area contributed by atoms with Crippen LogP contribution in [0.4, 0.5) is 5.69 Å². The first-order valence-corrected chi connectivity index (χ1v) is 5.62. The number of hydrogen-bond acceptors (Lipinski definition) is 2. The van der Waals surface area contributed by atoms with Crippen molar-refractivity contribution < 1.29 is 4.74 Å². The highest BCUT2D eigenvalue weighted by Gasteiger charge is 2.23. The van der Waals surface area contributed by atoms with E-state index in [1.54, 1.807) is 0 Å². The second kappa shape index (κ2) is 4.23. The Bertz CT molecular complexity index is 348. The average molecular weight is 205 g/mol. The maximum Gasteiger partial charge on any atom is 0.0748 e. The van der Waals surface area contributed by atoms with E-state index in [1.807, 2.05) is 0 Å². The lowest BCUT2D eigenvalue weighted by molar-refractivity contribution is 0.121. The summed E-state index contributed by atoms with van der Waals surface area (Å²) in [5, 5.41) is 3.53. The Hall–Kier alpha value is -1.02. The number of benzene rings is 1. The zero-order valence-corrected chi connectivity index (χ0v) is 9.71. The Morgan fingerprint density at radius 2 is 2.07 bits per heavy atom. The minimum Gasteiger partial charge on any atom is -0.380 e. The van der Waals surface area contributed by atoms with E-state index in [0.717, 1.165) is 13.0 Å². The molecule has 2 rings (SSSR count). The van der Waals surface area contributed by atoms with Crippen LogP contribution in [0.5, 0.6) is 0 Å². The minimum absolute atomic E-state index is 0.326. The second-order valence-electron chi connectivity index (χ2n) is 4.41. The molecule has 1 fully saturated rings. The van der Waals surface area contributed by atoms with E-state index in [0.29, 0.717) is 12.1 Å². The molecule has 15 heavy (non-hydrogen) atoms. The number of ether oxygens (including phenoxy) is 1. The lowest BCUT2D eigenvalue weighted by Gasteiger charge is -2.18. The van der Waals surface area contributed by atoms with Gasteiger partial charge in [-0.1, -0.05) is 6.07 Å². The van der Waals surface area contributed by atoms with Crippen LogP contribution >= 0.6 is 0 Å². The Balaban J connectivity index is 2.07. The molecule has 1 aromatic rings. The normalized spacial score (nSPS) is 25.5. The zero-order chi connectivity index (χ0) is 10.8. The molecule has 2 atom stereocenters. The second-order valence-corrected chi connectivity index (χ2v) is 4.41. The van der Waals surface area contributed by atoms with E-state index in [-0.39, 0.29) is 0 Å². The Labute approximate surface area is 91.6 Å². The largest absolute Gasteiger partial charge is 0.380 e. The molecule has 0 aromatic heterocycles. The molecule has 0 spiro atoms. The Morgan fingerprint density at radius 1 is 1.27 bits per heavy atom. The van der Waals surface area contributed by atoms with Gasteiger partial charge >= 0.3 is 0 Å². The summed E-state index contributed by atoms with van der Waals surface area (Å²) in [5.41, 5.74) is 3.89. The molecule has 1 aromatic carbocycles. The summed E-state index contributed by atoms with van der Waals surface area (Å²) < 4.78 is 5.53. The van der Waals surface area contributed by atoms with E-state index in [1.165, 1.54) is 16.8 Å². The van der Waals surface area contributed by atoms with E-state index >= 15 is 0 Å². The Morgan fingerprint density at radius 3 is 2.67 bits per heavy atom. The topological polar surface area (TPSA) is 21.3 Å². The van der Waals surface area contributed by atoms with Crippen LogP contribution in [0.3, 0.4) is 0 Å². The average Bonchev–Trinajstić information content (AvgIpc) is 2.59. The van der Waals surface area contributed by atoms with E-state index in [9.17, 15) is 0 Å². The summed E-state index contributed by atoms with van der Waals surface area (Å²) >= 11 is 0. The highest BCUT2D eigenvalue weighted by atomic mass is 16.5. The smallest absolute Gasteiger partial charge is 0.0748 e. The van der Waals surface area contributed by atoms with Gasteiger partial charge in [0.1, 0.15) is 0 Å². The number of hydrogen-bond donors (Lipinski definition) is 1. The maximum atomic E-state index is 5.53. The lowest BCUT2D eigenvalue weighted by Crippen LogP contribution is -2.26. The van der Waals surface area contributed by atoms with Gasteiger partial charge in [-0.3, -0.25) is 0 Å². The molecule has 2 heteroatoms. The predicted molar refractivity (Wildman–Crippen MR) is 63.4 cm³/mol. The van der Waals surface area contributed by atoms with Gasteiger partial charge in [0.05, 0.1) is 12.1 Å². The summed E-state index contributed by atoms with van der Waals surface area (Å²) in [6.07, 6.45) is 1.43. The van der Waals surface area contributed by atoms with E-state index in [4.69, 9.17) is 4.74 Å². The fraction of sp³-hybridized carbons (Fsp3) is 0.538. The fourth-order valence-corrected chi connectivity index (χ4v) is 1.97. The van der Waals surface area contributed by atoms with Gasteiger partial charge in [0.2, 0.25) is 0 Å². The highest BCUT2D eigenvalue weighted by Crippen LogP contribution is 2.20. The van der Waals surface area contributed by atoms with Gasteiger partial charge in [0.15, 0.2) is 0 Å². The molecule has 1 heterocycles. The van der Waals surface area contributed by atoms with Crippen molar-refractivity contribution in [3.05, 3.63) is 29.3 Å². The molecule has 0 aliphatic carbocycles. The van der Waals surface area contributed by atoms with Gasteiger partial charge < -0.3 is 10.1 Å². The highest BCUT2D eigenvalue weighted by molar-refractivity contribution is 5.49. The van der Waals surface area contributed by atoms with Crippen LogP contribution in [0, 0.1) is 13.8 Å². The summed E-state index contributed by atoms with van der Waals surface area (Å²) in [7, 11) is 0. The quantitative estimate of drug-likeness (QED) is 0.801. The van der Waals surface area contributed by atoms with Gasteiger partial charge in [-0.25, -0.2) is 0 Å². The van der Waals surface area contributed by atoms with E-state index in [2.05, 4.69) is 44.3 Å². The molecule has 0 saturated carbocycles. The summed E-state index contributed by atoms with van der Waals surface area (Å²) in [5.74, 6) is 0. The number of anilines is 1. The third-order valence-corrected chi connectivity index (χ3v) is 3.24. The monoisotopic (exact) mass is 205 g/mol. The van der Waals surface area contributed by atoms with Crippen LogP contribution in [0.15, 0.2) is 18.2 Å². The summed E-state index contributed by atoms with van der Waals surface area (Å²) in [6, 6.07) is 6.98. The first kappa shape index (κ1) is 10.5.